The fraction of sp³-hybridized carbons (Fsp3) is 0.619. The third-order valence-electron chi connectivity index (χ3n) is 4.65. The van der Waals surface area contributed by atoms with E-state index in [9.17, 15) is 19.2 Å². The minimum absolute atomic E-state index is 0.0218. The lowest BCUT2D eigenvalue weighted by atomic mass is 10.0. The molecule has 9 heteroatoms. The molecule has 7 nitrogen and oxygen atoms in total. The molecule has 0 bridgehead atoms. The van der Waals surface area contributed by atoms with Crippen molar-refractivity contribution in [1.29, 1.82) is 5.26 Å². The van der Waals surface area contributed by atoms with Crippen LogP contribution in [0, 0.1) is 11.3 Å². The first kappa shape index (κ1) is 23.9. The molecule has 0 aliphatic carbocycles. The molecule has 3 atom stereocenters. The van der Waals surface area contributed by atoms with E-state index >= 15 is 0 Å². The number of thioether (sulfide) groups is 1. The largest absolute Gasteiger partial charge is 0.444 e. The van der Waals surface area contributed by atoms with E-state index < -0.39 is 40.6 Å². The Hall–Kier alpha value is -2.34. The smallest absolute Gasteiger partial charge is 0.408 e. The van der Waals surface area contributed by atoms with E-state index in [-0.39, 0.29) is 13.0 Å². The summed E-state index contributed by atoms with van der Waals surface area (Å²) in [5.74, 6) is 0.0997. The molecule has 2 rings (SSSR count). The molecule has 0 radical (unpaired) electrons. The molecule has 1 fully saturated rings. The number of nitrogens with one attached hydrogen (secondary N) is 1. The molecule has 1 aromatic heterocycles. The predicted octanol–water partition coefficient (Wildman–Crippen LogP) is 3.45. The number of amides is 2. The molecular weight excluding hydrogens is 407 g/mol. The van der Waals surface area contributed by atoms with Gasteiger partial charge in [0, 0.05) is 29.3 Å². The number of hydrogen-bond donors (Lipinski definition) is 1. The van der Waals surface area contributed by atoms with Crippen LogP contribution in [0.2, 0.25) is 0 Å². The Morgan fingerprint density at radius 3 is 2.57 bits per heavy atom. The molecule has 0 aromatic carbocycles. The van der Waals surface area contributed by atoms with E-state index in [4.69, 9.17) is 4.74 Å². The molecule has 1 aromatic rings. The molecular formula is C21H29FN4O3S. The highest BCUT2D eigenvalue weighted by molar-refractivity contribution is 7.99. The lowest BCUT2D eigenvalue weighted by Gasteiger charge is -2.36. The summed E-state index contributed by atoms with van der Waals surface area (Å²) in [6.07, 6.45) is 1.36. The first-order valence-corrected chi connectivity index (χ1v) is 10.8. The summed E-state index contributed by atoms with van der Waals surface area (Å²) in [7, 11) is 0. The summed E-state index contributed by atoms with van der Waals surface area (Å²) >= 11 is 1.47. The molecule has 1 saturated heterocycles. The third-order valence-corrected chi connectivity index (χ3v) is 6.10. The SMILES string of the molecule is CC(C)(C)OC(=O)N[C@H](C(=O)N1C[C@@H](F)C[C@H]1C#N)C(C)(C)SCc1ccncc1. The van der Waals surface area contributed by atoms with Crippen LogP contribution in [0.4, 0.5) is 9.18 Å². The maximum Gasteiger partial charge on any atom is 0.408 e. The maximum absolute atomic E-state index is 13.9. The van der Waals surface area contributed by atoms with Crippen molar-refractivity contribution in [3.05, 3.63) is 30.1 Å². The maximum atomic E-state index is 13.9. The highest BCUT2D eigenvalue weighted by Crippen LogP contribution is 2.34. The molecule has 1 aliphatic rings. The Kier molecular flexibility index (Phi) is 7.70. The standard InChI is InChI=1S/C21H29FN4O3S/c1-20(2,3)29-19(28)25-17(18(27)26-12-15(22)10-16(26)11-23)21(4,5)30-13-14-6-8-24-9-7-14/h6-9,15-17H,10,12-13H2,1-5H3,(H,25,28)/t15-,16-,17+/m0/s1. The number of hydrogen-bond acceptors (Lipinski definition) is 6. The molecule has 30 heavy (non-hydrogen) atoms. The molecule has 0 unspecified atom stereocenters. The number of ether oxygens (including phenoxy) is 1. The number of alkyl halides is 1. The van der Waals surface area contributed by atoms with Crippen LogP contribution in [0.15, 0.2) is 24.5 Å². The first-order chi connectivity index (χ1) is 13.9. The normalized spacial score (nSPS) is 20.4. The van der Waals surface area contributed by atoms with E-state index in [1.165, 1.54) is 16.7 Å². The van der Waals surface area contributed by atoms with Gasteiger partial charge in [-0.1, -0.05) is 0 Å². The van der Waals surface area contributed by atoms with Crippen LogP contribution >= 0.6 is 11.8 Å². The van der Waals surface area contributed by atoms with Crippen molar-refractivity contribution in [2.45, 2.75) is 75.4 Å². The Morgan fingerprint density at radius 1 is 1.37 bits per heavy atom. The molecule has 2 amide bonds. The summed E-state index contributed by atoms with van der Waals surface area (Å²) in [6.45, 7) is 8.70. The van der Waals surface area contributed by atoms with Gasteiger partial charge in [0.05, 0.1) is 12.6 Å². The predicted molar refractivity (Wildman–Crippen MR) is 113 cm³/mol. The minimum atomic E-state index is -1.26. The highest BCUT2D eigenvalue weighted by Gasteiger charge is 2.45. The Morgan fingerprint density at radius 2 is 2.00 bits per heavy atom. The summed E-state index contributed by atoms with van der Waals surface area (Å²) < 4.78 is 18.5. The lowest BCUT2D eigenvalue weighted by Crippen LogP contribution is -2.58. The minimum Gasteiger partial charge on any atom is -0.444 e. The van der Waals surface area contributed by atoms with E-state index in [0.29, 0.717) is 5.75 Å². The van der Waals surface area contributed by atoms with Gasteiger partial charge in [-0.15, -0.1) is 11.8 Å². The topological polar surface area (TPSA) is 95.3 Å². The van der Waals surface area contributed by atoms with Gasteiger partial charge in [-0.3, -0.25) is 9.78 Å². The number of carbonyl (C=O) groups excluding carboxylic acids is 2. The van der Waals surface area contributed by atoms with Crippen LogP contribution in [0.3, 0.4) is 0 Å². The van der Waals surface area contributed by atoms with Crippen molar-refractivity contribution in [1.82, 2.24) is 15.2 Å². The van der Waals surface area contributed by atoms with Crippen molar-refractivity contribution in [3.8, 4) is 6.07 Å². The quantitative estimate of drug-likeness (QED) is 0.734. The highest BCUT2D eigenvalue weighted by atomic mass is 32.2. The van der Waals surface area contributed by atoms with E-state index in [1.807, 2.05) is 32.0 Å². The number of pyridine rings is 1. The van der Waals surface area contributed by atoms with Gasteiger partial charge in [-0.05, 0) is 52.3 Å². The molecule has 1 N–H and O–H groups in total. The Balaban J connectivity index is 2.24. The van der Waals surface area contributed by atoms with Gasteiger partial charge < -0.3 is 15.0 Å². The van der Waals surface area contributed by atoms with Crippen LogP contribution in [0.25, 0.3) is 0 Å². The summed E-state index contributed by atoms with van der Waals surface area (Å²) in [5, 5.41) is 12.0. The average Bonchev–Trinajstić information content (AvgIpc) is 3.04. The van der Waals surface area contributed by atoms with E-state index in [1.54, 1.807) is 33.2 Å². The number of nitrogens with zero attached hydrogens (tertiary/aromatic N) is 3. The zero-order chi connectivity index (χ0) is 22.5. The summed E-state index contributed by atoms with van der Waals surface area (Å²) in [5.41, 5.74) is 0.283. The number of rotatable bonds is 6. The van der Waals surface area contributed by atoms with Crippen molar-refractivity contribution in [3.63, 3.8) is 0 Å². The summed E-state index contributed by atoms with van der Waals surface area (Å²) in [4.78, 5) is 31.0. The first-order valence-electron chi connectivity index (χ1n) is 9.79. The van der Waals surface area contributed by atoms with Gasteiger partial charge in [-0.25, -0.2) is 9.18 Å². The van der Waals surface area contributed by atoms with Crippen LogP contribution in [-0.4, -0.2) is 57.0 Å². The van der Waals surface area contributed by atoms with E-state index in [2.05, 4.69) is 10.3 Å². The van der Waals surface area contributed by atoms with Crippen molar-refractivity contribution >= 4 is 23.8 Å². The third kappa shape index (κ3) is 6.59. The van der Waals surface area contributed by atoms with Crippen molar-refractivity contribution < 1.29 is 18.7 Å². The molecule has 0 saturated carbocycles. The number of nitriles is 1. The lowest BCUT2D eigenvalue weighted by molar-refractivity contribution is -0.134. The van der Waals surface area contributed by atoms with Gasteiger partial charge in [0.1, 0.15) is 23.9 Å². The molecule has 2 heterocycles. The van der Waals surface area contributed by atoms with Gasteiger partial charge in [0.25, 0.3) is 0 Å². The Labute approximate surface area is 181 Å². The number of carbonyl (C=O) groups is 2. The number of likely N-dealkylation sites (tertiary alicyclic amines) is 1. The van der Waals surface area contributed by atoms with Gasteiger partial charge in [0.2, 0.25) is 5.91 Å². The second-order valence-electron chi connectivity index (χ2n) is 8.80. The second-order valence-corrected chi connectivity index (χ2v) is 10.4. The van der Waals surface area contributed by atoms with Crippen molar-refractivity contribution in [2.75, 3.05) is 6.54 Å². The number of alkyl carbamates (subject to hydrolysis) is 1. The van der Waals surface area contributed by atoms with Crippen LogP contribution < -0.4 is 5.32 Å². The van der Waals surface area contributed by atoms with Gasteiger partial charge in [-0.2, -0.15) is 5.26 Å². The average molecular weight is 437 g/mol. The zero-order valence-electron chi connectivity index (χ0n) is 18.0. The molecule has 1 aliphatic heterocycles. The van der Waals surface area contributed by atoms with Crippen molar-refractivity contribution in [2.24, 2.45) is 0 Å². The number of halogens is 1. The summed E-state index contributed by atoms with van der Waals surface area (Å²) in [6, 6.07) is 3.89. The monoisotopic (exact) mass is 436 g/mol. The van der Waals surface area contributed by atoms with Gasteiger partial charge >= 0.3 is 6.09 Å². The molecule has 0 spiro atoms. The zero-order valence-corrected chi connectivity index (χ0v) is 18.8. The molecule has 164 valence electrons. The number of aromatic nitrogens is 1. The van der Waals surface area contributed by atoms with Crippen LogP contribution in [0.1, 0.15) is 46.6 Å². The van der Waals surface area contributed by atoms with Gasteiger partial charge in [0.15, 0.2) is 0 Å². The Bertz CT molecular complexity index is 792. The van der Waals surface area contributed by atoms with Crippen LogP contribution in [0.5, 0.6) is 0 Å². The fourth-order valence-electron chi connectivity index (χ4n) is 3.11. The van der Waals surface area contributed by atoms with E-state index in [0.717, 1.165) is 5.56 Å². The van der Waals surface area contributed by atoms with Crippen LogP contribution in [-0.2, 0) is 15.3 Å². The second kappa shape index (κ2) is 9.65. The fourth-order valence-corrected chi connectivity index (χ4v) is 4.16.